The lowest BCUT2D eigenvalue weighted by molar-refractivity contribution is -0.112. The summed E-state index contributed by atoms with van der Waals surface area (Å²) in [5.41, 5.74) is 2.93. The van der Waals surface area contributed by atoms with Crippen LogP contribution >= 0.6 is 11.8 Å². The number of nitriles is 1. The molecule has 1 fully saturated rings. The molecule has 0 aromatic heterocycles. The number of nitrogens with zero attached hydrogens (tertiary/aromatic N) is 1. The predicted octanol–water partition coefficient (Wildman–Crippen LogP) is 3.47. The molecule has 1 saturated heterocycles. The van der Waals surface area contributed by atoms with Crippen molar-refractivity contribution in [1.29, 1.82) is 5.26 Å². The highest BCUT2D eigenvalue weighted by molar-refractivity contribution is 8.14. The molecule has 3 nitrogen and oxygen atoms in total. The van der Waals surface area contributed by atoms with E-state index in [1.807, 2.05) is 42.5 Å². The maximum Gasteiger partial charge on any atom is 0.207 e. The second-order valence-corrected chi connectivity index (χ2v) is 6.64. The summed E-state index contributed by atoms with van der Waals surface area (Å²) in [5.74, 6) is -0.980. The summed E-state index contributed by atoms with van der Waals surface area (Å²) in [4.78, 5) is 25.1. The van der Waals surface area contributed by atoms with Crippen LogP contribution in [0.5, 0.6) is 0 Å². The molecular weight excluding hydrogens is 294 g/mol. The monoisotopic (exact) mass is 305 g/mol. The van der Waals surface area contributed by atoms with Gasteiger partial charge in [0, 0.05) is 22.3 Å². The number of benzene rings is 2. The highest BCUT2D eigenvalue weighted by Gasteiger charge is 2.48. The fraction of sp³-hybridized carbons (Fsp3) is 0.167. The molecule has 2 aromatic carbocycles. The normalized spacial score (nSPS) is 25.7. The van der Waals surface area contributed by atoms with Crippen molar-refractivity contribution < 1.29 is 9.59 Å². The first-order valence-corrected chi connectivity index (χ1v) is 7.93. The lowest BCUT2D eigenvalue weighted by Gasteiger charge is -2.19. The Balaban J connectivity index is 2.05. The predicted molar refractivity (Wildman–Crippen MR) is 83.5 cm³/mol. The highest BCUT2D eigenvalue weighted by Crippen LogP contribution is 2.56. The summed E-state index contributed by atoms with van der Waals surface area (Å²) in [5, 5.41) is 9.17. The average molecular weight is 305 g/mol. The lowest BCUT2D eigenvalue weighted by Crippen LogP contribution is -2.14. The van der Waals surface area contributed by atoms with E-state index in [1.54, 1.807) is 6.07 Å². The summed E-state index contributed by atoms with van der Waals surface area (Å²) < 4.78 is 0. The summed E-state index contributed by atoms with van der Waals surface area (Å²) in [6.07, 6.45) is 0. The summed E-state index contributed by atoms with van der Waals surface area (Å²) >= 11 is 1.19. The Bertz CT molecular complexity index is 852. The molecule has 0 saturated carbocycles. The molecule has 0 amide bonds. The van der Waals surface area contributed by atoms with Gasteiger partial charge in [-0.15, -0.1) is 0 Å². The van der Waals surface area contributed by atoms with E-state index in [-0.39, 0.29) is 22.1 Å². The summed E-state index contributed by atoms with van der Waals surface area (Å²) in [7, 11) is 0. The van der Waals surface area contributed by atoms with Crippen molar-refractivity contribution in [3.05, 3.63) is 70.8 Å². The average Bonchev–Trinajstić information content (AvgIpc) is 2.85. The van der Waals surface area contributed by atoms with Crippen molar-refractivity contribution >= 4 is 22.7 Å². The minimum atomic E-state index is -0.699. The molecule has 0 spiro atoms. The maximum absolute atomic E-state index is 12.9. The minimum absolute atomic E-state index is 0.0228. The van der Waals surface area contributed by atoms with Crippen molar-refractivity contribution in [2.75, 3.05) is 0 Å². The fourth-order valence-electron chi connectivity index (χ4n) is 3.42. The van der Waals surface area contributed by atoms with Crippen molar-refractivity contribution in [3.63, 3.8) is 0 Å². The van der Waals surface area contributed by atoms with Gasteiger partial charge in [0.25, 0.3) is 0 Å². The van der Waals surface area contributed by atoms with Crippen LogP contribution in [0.4, 0.5) is 0 Å². The van der Waals surface area contributed by atoms with Gasteiger partial charge in [-0.25, -0.2) is 0 Å². The van der Waals surface area contributed by atoms with Gasteiger partial charge in [-0.05, 0) is 11.1 Å². The molecule has 2 aliphatic rings. The topological polar surface area (TPSA) is 57.9 Å². The standard InChI is InChI=1S/C18H11NO2S/c19-9-14-15-10-5-1-2-6-11(10)16(20)12-7-3-4-8-13(12)17(15)22-18(14)21/h1-8,14-15,17H/t14-,15+,17-/m1/s1. The zero-order valence-corrected chi connectivity index (χ0v) is 12.3. The summed E-state index contributed by atoms with van der Waals surface area (Å²) in [6, 6.07) is 16.9. The van der Waals surface area contributed by atoms with Crippen molar-refractivity contribution in [2.45, 2.75) is 11.2 Å². The van der Waals surface area contributed by atoms with Crippen LogP contribution in [-0.2, 0) is 4.79 Å². The van der Waals surface area contributed by atoms with Crippen LogP contribution in [0.3, 0.4) is 0 Å². The van der Waals surface area contributed by atoms with Gasteiger partial charge in [0.05, 0.1) is 6.07 Å². The Morgan fingerprint density at radius 1 is 0.909 bits per heavy atom. The molecule has 0 N–H and O–H groups in total. The lowest BCUT2D eigenvalue weighted by atomic mass is 9.82. The zero-order valence-electron chi connectivity index (χ0n) is 11.5. The third-order valence-electron chi connectivity index (χ3n) is 4.40. The molecule has 0 radical (unpaired) electrons. The quantitative estimate of drug-likeness (QED) is 0.748. The first-order valence-electron chi connectivity index (χ1n) is 7.05. The number of carbonyl (C=O) groups is 2. The fourth-order valence-corrected chi connectivity index (χ4v) is 4.80. The number of fused-ring (bicyclic) bond motifs is 5. The number of carbonyl (C=O) groups excluding carboxylic acids is 2. The van der Waals surface area contributed by atoms with E-state index in [9.17, 15) is 14.9 Å². The first kappa shape index (κ1) is 13.3. The molecule has 1 aliphatic carbocycles. The van der Waals surface area contributed by atoms with Crippen LogP contribution < -0.4 is 0 Å². The van der Waals surface area contributed by atoms with Gasteiger partial charge >= 0.3 is 0 Å². The second kappa shape index (κ2) is 4.82. The zero-order chi connectivity index (χ0) is 15.3. The van der Waals surface area contributed by atoms with E-state index >= 15 is 0 Å². The van der Waals surface area contributed by atoms with Gasteiger partial charge < -0.3 is 0 Å². The Morgan fingerprint density at radius 2 is 1.50 bits per heavy atom. The van der Waals surface area contributed by atoms with Crippen molar-refractivity contribution in [1.82, 2.24) is 0 Å². The van der Waals surface area contributed by atoms with Gasteiger partial charge in [-0.3, -0.25) is 9.59 Å². The molecule has 1 aliphatic heterocycles. The Hall–Kier alpha value is -2.38. The minimum Gasteiger partial charge on any atom is -0.289 e. The molecule has 106 valence electrons. The van der Waals surface area contributed by atoms with Gasteiger partial charge in [0.15, 0.2) is 5.78 Å². The SMILES string of the molecule is N#C[C@H]1C(=O)S[C@@H]2c3ccccc3C(=O)c3ccccc3[C@H]21. The van der Waals surface area contributed by atoms with E-state index in [0.717, 1.165) is 11.1 Å². The molecule has 2 aromatic rings. The number of ketones is 1. The number of hydrogen-bond donors (Lipinski definition) is 0. The molecule has 0 bridgehead atoms. The second-order valence-electron chi connectivity index (χ2n) is 5.49. The van der Waals surface area contributed by atoms with E-state index in [2.05, 4.69) is 6.07 Å². The number of hydrogen-bond acceptors (Lipinski definition) is 4. The molecule has 0 unspecified atom stereocenters. The van der Waals surface area contributed by atoms with Crippen LogP contribution in [0.1, 0.15) is 38.2 Å². The summed E-state index contributed by atoms with van der Waals surface area (Å²) in [6.45, 7) is 0. The van der Waals surface area contributed by atoms with Crippen molar-refractivity contribution in [2.24, 2.45) is 5.92 Å². The van der Waals surface area contributed by atoms with E-state index < -0.39 is 5.92 Å². The van der Waals surface area contributed by atoms with E-state index in [4.69, 9.17) is 0 Å². The third kappa shape index (κ3) is 1.69. The van der Waals surface area contributed by atoms with Gasteiger partial charge in [-0.2, -0.15) is 5.26 Å². The third-order valence-corrected chi connectivity index (χ3v) is 5.69. The van der Waals surface area contributed by atoms with Gasteiger partial charge in [-0.1, -0.05) is 60.3 Å². The number of rotatable bonds is 0. The molecular formula is C18H11NO2S. The molecule has 4 rings (SSSR count). The van der Waals surface area contributed by atoms with Gasteiger partial charge in [0.2, 0.25) is 5.12 Å². The van der Waals surface area contributed by atoms with Crippen LogP contribution in [0.2, 0.25) is 0 Å². The van der Waals surface area contributed by atoms with Crippen LogP contribution in [0, 0.1) is 17.2 Å². The van der Waals surface area contributed by atoms with Crippen LogP contribution in [0.15, 0.2) is 48.5 Å². The molecule has 1 heterocycles. The Morgan fingerprint density at radius 3 is 2.18 bits per heavy atom. The Labute approximate surface area is 132 Å². The van der Waals surface area contributed by atoms with E-state index in [1.165, 1.54) is 11.8 Å². The smallest absolute Gasteiger partial charge is 0.207 e. The number of thioether (sulfide) groups is 1. The van der Waals surface area contributed by atoms with Crippen molar-refractivity contribution in [3.8, 4) is 6.07 Å². The van der Waals surface area contributed by atoms with E-state index in [0.29, 0.717) is 11.1 Å². The maximum atomic E-state index is 12.9. The Kier molecular flexibility index (Phi) is 2.91. The molecule has 4 heteroatoms. The largest absolute Gasteiger partial charge is 0.289 e. The van der Waals surface area contributed by atoms with Crippen LogP contribution in [-0.4, -0.2) is 10.9 Å². The molecule has 3 atom stereocenters. The van der Waals surface area contributed by atoms with Crippen LogP contribution in [0.25, 0.3) is 0 Å². The first-order chi connectivity index (χ1) is 10.7. The van der Waals surface area contributed by atoms with Gasteiger partial charge in [0.1, 0.15) is 5.92 Å². The molecule has 22 heavy (non-hydrogen) atoms. The highest BCUT2D eigenvalue weighted by atomic mass is 32.2.